The first-order chi connectivity index (χ1) is 8.09. The Hall–Kier alpha value is -0.480. The zero-order valence-electron chi connectivity index (χ0n) is 9.82. The molecule has 1 fully saturated rings. The van der Waals surface area contributed by atoms with E-state index in [9.17, 15) is 8.78 Å². The van der Waals surface area contributed by atoms with Gasteiger partial charge in [-0.25, -0.2) is 8.78 Å². The first-order valence-electron chi connectivity index (χ1n) is 5.96. The quantitative estimate of drug-likeness (QED) is 0.821. The number of nitrogens with one attached hydrogen (secondary N) is 1. The van der Waals surface area contributed by atoms with E-state index in [1.165, 1.54) is 6.07 Å². The van der Waals surface area contributed by atoms with Gasteiger partial charge in [0.1, 0.15) is 11.6 Å². The molecular formula is C13H16BrF2N. The van der Waals surface area contributed by atoms with E-state index in [4.69, 9.17) is 0 Å². The molecule has 4 heteroatoms. The van der Waals surface area contributed by atoms with E-state index >= 15 is 0 Å². The molecule has 0 aliphatic carbocycles. The summed E-state index contributed by atoms with van der Waals surface area (Å²) in [6, 6.07) is 1.68. The maximum atomic E-state index is 13.9. The van der Waals surface area contributed by atoms with Gasteiger partial charge in [-0.05, 0) is 60.3 Å². The van der Waals surface area contributed by atoms with Gasteiger partial charge in [-0.15, -0.1) is 0 Å². The van der Waals surface area contributed by atoms with E-state index in [0.29, 0.717) is 16.5 Å². The third-order valence-electron chi connectivity index (χ3n) is 3.29. The Bertz CT molecular complexity index is 388. The minimum absolute atomic E-state index is 0.196. The highest BCUT2D eigenvalue weighted by Gasteiger charge is 2.20. The number of hydrogen-bond donors (Lipinski definition) is 1. The molecule has 0 amide bonds. The van der Waals surface area contributed by atoms with Gasteiger partial charge in [-0.1, -0.05) is 6.42 Å². The maximum absolute atomic E-state index is 13.9. The van der Waals surface area contributed by atoms with Gasteiger partial charge in [0, 0.05) is 11.6 Å². The van der Waals surface area contributed by atoms with Gasteiger partial charge in [0.15, 0.2) is 0 Å². The van der Waals surface area contributed by atoms with Crippen molar-refractivity contribution < 1.29 is 8.78 Å². The van der Waals surface area contributed by atoms with E-state index in [1.54, 1.807) is 6.92 Å². The predicted molar refractivity (Wildman–Crippen MR) is 68.1 cm³/mol. The highest BCUT2D eigenvalue weighted by molar-refractivity contribution is 9.10. The van der Waals surface area contributed by atoms with Crippen molar-refractivity contribution in [2.75, 3.05) is 6.54 Å². The molecule has 94 valence electrons. The zero-order chi connectivity index (χ0) is 12.4. The van der Waals surface area contributed by atoms with Gasteiger partial charge >= 0.3 is 0 Å². The van der Waals surface area contributed by atoms with Crippen LogP contribution in [0, 0.1) is 18.6 Å². The molecule has 0 radical (unpaired) electrons. The van der Waals surface area contributed by atoms with E-state index in [2.05, 4.69) is 21.2 Å². The molecule has 1 unspecified atom stereocenters. The second-order valence-electron chi connectivity index (χ2n) is 4.63. The summed E-state index contributed by atoms with van der Waals surface area (Å²) in [5, 5.41) is 3.31. The fourth-order valence-electron chi connectivity index (χ4n) is 2.32. The average molecular weight is 304 g/mol. The Morgan fingerprint density at radius 1 is 1.35 bits per heavy atom. The van der Waals surface area contributed by atoms with E-state index in [-0.39, 0.29) is 11.6 Å². The Morgan fingerprint density at radius 2 is 2.12 bits per heavy atom. The lowest BCUT2D eigenvalue weighted by molar-refractivity contribution is 0.389. The standard InChI is InChI=1S/C13H16BrF2N/c1-8-6-11(14)13(16)10(12(8)15)7-9-4-2-3-5-17-9/h6,9,17H,2-5,7H2,1H3. The van der Waals surface area contributed by atoms with Crippen LogP contribution in [0.4, 0.5) is 8.78 Å². The zero-order valence-corrected chi connectivity index (χ0v) is 11.4. The lowest BCUT2D eigenvalue weighted by Gasteiger charge is -2.24. The number of rotatable bonds is 2. The van der Waals surface area contributed by atoms with Crippen LogP contribution in [-0.2, 0) is 6.42 Å². The summed E-state index contributed by atoms with van der Waals surface area (Å²) in [5.74, 6) is -0.862. The van der Waals surface area contributed by atoms with Crippen molar-refractivity contribution in [1.82, 2.24) is 5.32 Å². The Labute approximate surface area is 109 Å². The van der Waals surface area contributed by atoms with Gasteiger partial charge in [0.05, 0.1) is 4.47 Å². The van der Waals surface area contributed by atoms with Crippen LogP contribution in [0.25, 0.3) is 0 Å². The highest BCUT2D eigenvalue weighted by Crippen LogP contribution is 2.26. The lowest BCUT2D eigenvalue weighted by Crippen LogP contribution is -2.36. The monoisotopic (exact) mass is 303 g/mol. The summed E-state index contributed by atoms with van der Waals surface area (Å²) < 4.78 is 28.1. The molecule has 1 atom stereocenters. The molecule has 0 spiro atoms. The molecule has 1 aromatic carbocycles. The highest BCUT2D eigenvalue weighted by atomic mass is 79.9. The molecule has 1 saturated heterocycles. The second-order valence-corrected chi connectivity index (χ2v) is 5.49. The predicted octanol–water partition coefficient (Wildman–Crippen LogP) is 3.72. The number of hydrogen-bond acceptors (Lipinski definition) is 1. The van der Waals surface area contributed by atoms with Crippen molar-refractivity contribution in [3.63, 3.8) is 0 Å². The van der Waals surface area contributed by atoms with Gasteiger partial charge in [-0.2, -0.15) is 0 Å². The van der Waals surface area contributed by atoms with Gasteiger partial charge in [0.25, 0.3) is 0 Å². The van der Waals surface area contributed by atoms with Crippen molar-refractivity contribution >= 4 is 15.9 Å². The minimum Gasteiger partial charge on any atom is -0.314 e. The summed E-state index contributed by atoms with van der Waals surface area (Å²) >= 11 is 3.13. The Morgan fingerprint density at radius 3 is 2.76 bits per heavy atom. The molecule has 0 bridgehead atoms. The fraction of sp³-hybridized carbons (Fsp3) is 0.538. The molecule has 1 aromatic rings. The van der Waals surface area contributed by atoms with Gasteiger partial charge in [0.2, 0.25) is 0 Å². The summed E-state index contributed by atoms with van der Waals surface area (Å²) in [6.45, 7) is 2.61. The van der Waals surface area contributed by atoms with Crippen molar-refractivity contribution in [1.29, 1.82) is 0 Å². The Kier molecular flexibility index (Phi) is 4.15. The van der Waals surface area contributed by atoms with Crippen LogP contribution < -0.4 is 5.32 Å². The number of benzene rings is 1. The van der Waals surface area contributed by atoms with Crippen LogP contribution in [0.3, 0.4) is 0 Å². The topological polar surface area (TPSA) is 12.0 Å². The van der Waals surface area contributed by atoms with Crippen molar-refractivity contribution in [3.8, 4) is 0 Å². The first-order valence-corrected chi connectivity index (χ1v) is 6.75. The molecule has 0 saturated carbocycles. The third kappa shape index (κ3) is 2.86. The third-order valence-corrected chi connectivity index (χ3v) is 3.87. The summed E-state index contributed by atoms with van der Waals surface area (Å²) in [6.07, 6.45) is 3.70. The summed E-state index contributed by atoms with van der Waals surface area (Å²) in [7, 11) is 0. The largest absolute Gasteiger partial charge is 0.314 e. The van der Waals surface area contributed by atoms with Gasteiger partial charge < -0.3 is 5.32 Å². The molecule has 2 rings (SSSR count). The van der Waals surface area contributed by atoms with Crippen molar-refractivity contribution in [2.24, 2.45) is 0 Å². The molecule has 1 N–H and O–H groups in total. The Balaban J connectivity index is 2.24. The van der Waals surface area contributed by atoms with E-state index in [0.717, 1.165) is 25.8 Å². The van der Waals surface area contributed by atoms with Gasteiger partial charge in [-0.3, -0.25) is 0 Å². The molecule has 0 aromatic heterocycles. The van der Waals surface area contributed by atoms with E-state index < -0.39 is 11.6 Å². The van der Waals surface area contributed by atoms with Crippen LogP contribution in [0.2, 0.25) is 0 Å². The molecule has 1 aliphatic heterocycles. The normalized spacial score (nSPS) is 20.6. The molecule has 1 aliphatic rings. The fourth-order valence-corrected chi connectivity index (χ4v) is 2.90. The van der Waals surface area contributed by atoms with Crippen LogP contribution in [0.5, 0.6) is 0 Å². The maximum Gasteiger partial charge on any atom is 0.143 e. The summed E-state index contributed by atoms with van der Waals surface area (Å²) in [5.41, 5.74) is 0.695. The second kappa shape index (κ2) is 5.44. The SMILES string of the molecule is Cc1cc(Br)c(F)c(CC2CCCCN2)c1F. The minimum atomic E-state index is -0.458. The van der Waals surface area contributed by atoms with Crippen LogP contribution in [0.1, 0.15) is 30.4 Å². The van der Waals surface area contributed by atoms with Crippen LogP contribution in [0.15, 0.2) is 10.5 Å². The lowest BCUT2D eigenvalue weighted by atomic mass is 9.96. The first kappa shape index (κ1) is 13.0. The van der Waals surface area contributed by atoms with E-state index in [1.807, 2.05) is 0 Å². The van der Waals surface area contributed by atoms with Crippen molar-refractivity contribution in [2.45, 2.75) is 38.6 Å². The average Bonchev–Trinajstić information content (AvgIpc) is 2.33. The molecule has 1 nitrogen and oxygen atoms in total. The molecular weight excluding hydrogens is 288 g/mol. The number of aryl methyl sites for hydroxylation is 1. The molecule has 1 heterocycles. The number of piperidine rings is 1. The molecule has 17 heavy (non-hydrogen) atoms. The van der Waals surface area contributed by atoms with Crippen molar-refractivity contribution in [3.05, 3.63) is 33.3 Å². The summed E-state index contributed by atoms with van der Waals surface area (Å²) in [4.78, 5) is 0. The smallest absolute Gasteiger partial charge is 0.143 e. The number of halogens is 3. The van der Waals surface area contributed by atoms with Crippen LogP contribution >= 0.6 is 15.9 Å². The van der Waals surface area contributed by atoms with Crippen LogP contribution in [-0.4, -0.2) is 12.6 Å².